The second-order valence-corrected chi connectivity index (χ2v) is 10.4. The van der Waals surface area contributed by atoms with Crippen molar-refractivity contribution < 1.29 is 4.79 Å². The first-order valence-electron chi connectivity index (χ1n) is 11.7. The molecule has 180 valence electrons. The lowest BCUT2D eigenvalue weighted by atomic mass is 9.95. The third-order valence-corrected chi connectivity index (χ3v) is 6.86. The van der Waals surface area contributed by atoms with Crippen LogP contribution in [-0.2, 0) is 10.3 Å². The lowest BCUT2D eigenvalue weighted by Gasteiger charge is -2.41. The summed E-state index contributed by atoms with van der Waals surface area (Å²) in [4.78, 5) is 31.0. The Morgan fingerprint density at radius 2 is 1.82 bits per heavy atom. The maximum absolute atomic E-state index is 13.1. The number of pyridine rings is 1. The number of halogens is 1. The summed E-state index contributed by atoms with van der Waals surface area (Å²) in [6.45, 7) is 11.1. The molecule has 0 unspecified atom stereocenters. The Morgan fingerprint density at radius 3 is 2.56 bits per heavy atom. The van der Waals surface area contributed by atoms with Gasteiger partial charge in [0.2, 0.25) is 11.9 Å². The van der Waals surface area contributed by atoms with Crippen molar-refractivity contribution in [3.63, 3.8) is 0 Å². The van der Waals surface area contributed by atoms with Crippen molar-refractivity contribution >= 4 is 34.9 Å². The molecule has 0 bridgehead atoms. The summed E-state index contributed by atoms with van der Waals surface area (Å²) in [7, 11) is 0. The number of hydrogen-bond acceptors (Lipinski definition) is 7. The van der Waals surface area contributed by atoms with Crippen molar-refractivity contribution in [3.8, 4) is 0 Å². The molecule has 3 aromatic rings. The summed E-state index contributed by atoms with van der Waals surface area (Å²) in [5, 5.41) is 7.23. The van der Waals surface area contributed by atoms with Gasteiger partial charge in [0, 0.05) is 44.5 Å². The predicted molar refractivity (Wildman–Crippen MR) is 133 cm³/mol. The van der Waals surface area contributed by atoms with Crippen LogP contribution in [0.2, 0.25) is 5.02 Å². The Kier molecular flexibility index (Phi) is 5.85. The van der Waals surface area contributed by atoms with Crippen LogP contribution in [0.4, 0.5) is 11.8 Å². The van der Waals surface area contributed by atoms with Crippen molar-refractivity contribution in [1.29, 1.82) is 0 Å². The number of hydrogen-bond donors (Lipinski definition) is 2. The fourth-order valence-corrected chi connectivity index (χ4v) is 5.11. The number of carbonyl (C=O) groups is 1. The van der Waals surface area contributed by atoms with Gasteiger partial charge >= 0.3 is 0 Å². The molecule has 34 heavy (non-hydrogen) atoms. The maximum atomic E-state index is 13.1. The molecule has 0 radical (unpaired) electrons. The third kappa shape index (κ3) is 4.30. The summed E-state index contributed by atoms with van der Waals surface area (Å²) in [5.74, 6) is 1.26. The minimum atomic E-state index is -0.562. The van der Waals surface area contributed by atoms with Crippen LogP contribution in [-0.4, -0.2) is 63.5 Å². The topological polar surface area (TPSA) is 90.7 Å². The SMILES string of the molecule is C[C@@H]1CN(c2ncc(Cl)c(N3CC(C(=O)NC(C)(C)c4cnc5ccccn45)C3)n2)C[C@H](C)N1. The van der Waals surface area contributed by atoms with Gasteiger partial charge in [0.25, 0.3) is 0 Å². The summed E-state index contributed by atoms with van der Waals surface area (Å²) in [5.41, 5.74) is 1.24. The smallest absolute Gasteiger partial charge is 0.227 e. The van der Waals surface area contributed by atoms with Crippen molar-refractivity contribution in [1.82, 2.24) is 30.0 Å². The Hall–Kier alpha value is -2.91. The van der Waals surface area contributed by atoms with Gasteiger partial charge in [0.15, 0.2) is 5.82 Å². The first kappa shape index (κ1) is 22.9. The number of aromatic nitrogens is 4. The van der Waals surface area contributed by atoms with E-state index in [9.17, 15) is 4.79 Å². The van der Waals surface area contributed by atoms with E-state index in [2.05, 4.69) is 39.3 Å². The molecule has 0 saturated carbocycles. The second kappa shape index (κ2) is 8.70. The Balaban J connectivity index is 1.25. The van der Waals surface area contributed by atoms with Gasteiger partial charge < -0.3 is 24.8 Å². The Morgan fingerprint density at radius 1 is 1.09 bits per heavy atom. The molecule has 0 aromatic carbocycles. The molecule has 9 nitrogen and oxygen atoms in total. The van der Waals surface area contributed by atoms with Gasteiger partial charge in [-0.15, -0.1) is 0 Å². The molecule has 0 spiro atoms. The van der Waals surface area contributed by atoms with E-state index in [1.54, 1.807) is 6.20 Å². The number of carbonyl (C=O) groups excluding carboxylic acids is 1. The van der Waals surface area contributed by atoms with E-state index in [1.807, 2.05) is 53.7 Å². The zero-order valence-electron chi connectivity index (χ0n) is 20.0. The highest BCUT2D eigenvalue weighted by Crippen LogP contribution is 2.32. The number of nitrogens with one attached hydrogen (secondary N) is 2. The largest absolute Gasteiger partial charge is 0.353 e. The minimum Gasteiger partial charge on any atom is -0.353 e. The van der Waals surface area contributed by atoms with Crippen LogP contribution in [0.1, 0.15) is 33.4 Å². The molecule has 2 saturated heterocycles. The lowest BCUT2D eigenvalue weighted by molar-refractivity contribution is -0.127. The normalized spacial score (nSPS) is 21.6. The van der Waals surface area contributed by atoms with Gasteiger partial charge in [0.05, 0.1) is 29.5 Å². The number of imidazole rings is 1. The van der Waals surface area contributed by atoms with E-state index in [4.69, 9.17) is 16.6 Å². The van der Waals surface area contributed by atoms with Crippen molar-refractivity contribution in [2.24, 2.45) is 5.92 Å². The van der Waals surface area contributed by atoms with E-state index >= 15 is 0 Å². The Labute approximate surface area is 204 Å². The lowest BCUT2D eigenvalue weighted by Crippen LogP contribution is -2.57. The van der Waals surface area contributed by atoms with Crippen LogP contribution in [0.5, 0.6) is 0 Å². The molecule has 2 aliphatic heterocycles. The zero-order chi connectivity index (χ0) is 24.0. The molecule has 10 heteroatoms. The van der Waals surface area contributed by atoms with Gasteiger partial charge in [-0.2, -0.15) is 4.98 Å². The number of fused-ring (bicyclic) bond motifs is 1. The quantitative estimate of drug-likeness (QED) is 0.577. The van der Waals surface area contributed by atoms with Crippen LogP contribution in [0, 0.1) is 5.92 Å². The summed E-state index contributed by atoms with van der Waals surface area (Å²) in [6.07, 6.45) is 5.45. The minimum absolute atomic E-state index is 0.0160. The van der Waals surface area contributed by atoms with Crippen LogP contribution >= 0.6 is 11.6 Å². The van der Waals surface area contributed by atoms with E-state index in [0.717, 1.165) is 24.4 Å². The van der Waals surface area contributed by atoms with Crippen molar-refractivity contribution in [2.45, 2.75) is 45.3 Å². The van der Waals surface area contributed by atoms with Gasteiger partial charge in [0.1, 0.15) is 10.7 Å². The first-order chi connectivity index (χ1) is 16.2. The van der Waals surface area contributed by atoms with E-state index < -0.39 is 5.54 Å². The highest BCUT2D eigenvalue weighted by Gasteiger charge is 2.38. The van der Waals surface area contributed by atoms with Crippen LogP contribution < -0.4 is 20.4 Å². The van der Waals surface area contributed by atoms with Crippen LogP contribution in [0.15, 0.2) is 36.8 Å². The molecule has 2 atom stereocenters. The zero-order valence-corrected chi connectivity index (χ0v) is 20.8. The molecule has 1 amide bonds. The molecule has 3 aromatic heterocycles. The second-order valence-electron chi connectivity index (χ2n) is 10.0. The molecular formula is C24H31ClN8O. The van der Waals surface area contributed by atoms with Gasteiger partial charge in [-0.3, -0.25) is 4.79 Å². The Bertz CT molecular complexity index is 1190. The number of anilines is 2. The number of amides is 1. The summed E-state index contributed by atoms with van der Waals surface area (Å²) >= 11 is 6.45. The van der Waals surface area contributed by atoms with Gasteiger partial charge in [-0.25, -0.2) is 9.97 Å². The average Bonchev–Trinajstić information content (AvgIpc) is 3.18. The summed E-state index contributed by atoms with van der Waals surface area (Å²) in [6, 6.07) is 6.58. The number of piperazine rings is 1. The monoisotopic (exact) mass is 482 g/mol. The molecule has 0 aliphatic carbocycles. The maximum Gasteiger partial charge on any atom is 0.227 e. The molecular weight excluding hydrogens is 452 g/mol. The summed E-state index contributed by atoms with van der Waals surface area (Å²) < 4.78 is 2.01. The van der Waals surface area contributed by atoms with E-state index in [-0.39, 0.29) is 11.8 Å². The molecule has 2 aliphatic rings. The fraction of sp³-hybridized carbons (Fsp3) is 0.500. The molecule has 5 heterocycles. The van der Waals surface area contributed by atoms with E-state index in [1.165, 1.54) is 0 Å². The molecule has 2 N–H and O–H groups in total. The van der Waals surface area contributed by atoms with Crippen LogP contribution in [0.3, 0.4) is 0 Å². The van der Waals surface area contributed by atoms with Crippen molar-refractivity contribution in [2.75, 3.05) is 36.0 Å². The molecule has 2 fully saturated rings. The van der Waals surface area contributed by atoms with Crippen molar-refractivity contribution in [3.05, 3.63) is 47.5 Å². The highest BCUT2D eigenvalue weighted by molar-refractivity contribution is 6.32. The van der Waals surface area contributed by atoms with E-state index in [0.29, 0.717) is 42.0 Å². The molecule has 5 rings (SSSR count). The number of rotatable bonds is 5. The van der Waals surface area contributed by atoms with Gasteiger partial charge in [-0.05, 0) is 39.8 Å². The average molecular weight is 483 g/mol. The van der Waals surface area contributed by atoms with Crippen LogP contribution in [0.25, 0.3) is 5.65 Å². The standard InChI is InChI=1S/C24H31ClN8O/c1-15-11-32(12-16(2)28-15)23-27-9-18(25)21(29-23)31-13-17(14-31)22(34)30-24(3,4)19-10-26-20-7-5-6-8-33(19)20/h5-10,15-17,28H,11-14H2,1-4H3,(H,30,34)/t15-,16+. The highest BCUT2D eigenvalue weighted by atomic mass is 35.5. The fourth-order valence-electron chi connectivity index (χ4n) is 4.90. The van der Waals surface area contributed by atoms with Gasteiger partial charge in [-0.1, -0.05) is 17.7 Å². The third-order valence-electron chi connectivity index (χ3n) is 6.60. The number of nitrogens with zero attached hydrogens (tertiary/aromatic N) is 6. The predicted octanol–water partition coefficient (Wildman–Crippen LogP) is 2.45. The first-order valence-corrected chi connectivity index (χ1v) is 12.1.